The summed E-state index contributed by atoms with van der Waals surface area (Å²) in [7, 11) is 0. The van der Waals surface area contributed by atoms with E-state index in [2.05, 4.69) is 0 Å². The van der Waals surface area contributed by atoms with Gasteiger partial charge in [-0.25, -0.2) is 4.39 Å². The SMILES string of the molecule is Nc1ccc(N(CCO)CCO)c(F)c1. The predicted octanol–water partition coefficient (Wildman–Crippen LogP) is 0.199. The quantitative estimate of drug-likeness (QED) is 0.612. The summed E-state index contributed by atoms with van der Waals surface area (Å²) in [5.74, 6) is -0.447. The Hall–Kier alpha value is -1.33. The molecule has 0 saturated carbocycles. The number of hydrogen-bond acceptors (Lipinski definition) is 4. The average Bonchev–Trinajstić information content (AvgIpc) is 2.17. The maximum absolute atomic E-state index is 13.5. The van der Waals surface area contributed by atoms with E-state index < -0.39 is 5.82 Å². The monoisotopic (exact) mass is 214 g/mol. The third-order valence-corrected chi connectivity index (χ3v) is 2.05. The second kappa shape index (κ2) is 5.53. The maximum Gasteiger partial charge on any atom is 0.148 e. The molecule has 0 heterocycles. The van der Waals surface area contributed by atoms with Gasteiger partial charge in [-0.1, -0.05) is 0 Å². The van der Waals surface area contributed by atoms with E-state index in [1.807, 2.05) is 0 Å². The maximum atomic E-state index is 13.5. The van der Waals surface area contributed by atoms with Gasteiger partial charge in [0.15, 0.2) is 0 Å². The van der Waals surface area contributed by atoms with Crippen LogP contribution in [-0.4, -0.2) is 36.5 Å². The van der Waals surface area contributed by atoms with Gasteiger partial charge in [0.25, 0.3) is 0 Å². The second-order valence-electron chi connectivity index (χ2n) is 3.15. The van der Waals surface area contributed by atoms with Crippen molar-refractivity contribution >= 4 is 11.4 Å². The van der Waals surface area contributed by atoms with Crippen molar-refractivity contribution < 1.29 is 14.6 Å². The molecule has 0 atom stereocenters. The molecule has 0 radical (unpaired) electrons. The number of rotatable bonds is 5. The van der Waals surface area contributed by atoms with E-state index in [4.69, 9.17) is 15.9 Å². The molecule has 4 N–H and O–H groups in total. The summed E-state index contributed by atoms with van der Waals surface area (Å²) < 4.78 is 13.5. The first kappa shape index (κ1) is 11.7. The first-order chi connectivity index (χ1) is 7.19. The number of nitrogen functional groups attached to an aromatic ring is 1. The highest BCUT2D eigenvalue weighted by Crippen LogP contribution is 2.20. The molecule has 15 heavy (non-hydrogen) atoms. The highest BCUT2D eigenvalue weighted by Gasteiger charge is 2.10. The number of aliphatic hydroxyl groups excluding tert-OH is 2. The summed E-state index contributed by atoms with van der Waals surface area (Å²) in [4.78, 5) is 1.56. The fraction of sp³-hybridized carbons (Fsp3) is 0.400. The van der Waals surface area contributed by atoms with E-state index in [1.54, 1.807) is 11.0 Å². The van der Waals surface area contributed by atoms with Crippen LogP contribution >= 0.6 is 0 Å². The van der Waals surface area contributed by atoms with E-state index in [0.29, 0.717) is 11.4 Å². The summed E-state index contributed by atoms with van der Waals surface area (Å²) in [5, 5.41) is 17.6. The topological polar surface area (TPSA) is 69.7 Å². The lowest BCUT2D eigenvalue weighted by Gasteiger charge is -2.23. The van der Waals surface area contributed by atoms with Crippen LogP contribution in [0.2, 0.25) is 0 Å². The number of anilines is 2. The van der Waals surface area contributed by atoms with Gasteiger partial charge in [0.2, 0.25) is 0 Å². The molecule has 0 unspecified atom stereocenters. The first-order valence-corrected chi connectivity index (χ1v) is 4.70. The first-order valence-electron chi connectivity index (χ1n) is 4.70. The minimum absolute atomic E-state index is 0.0934. The van der Waals surface area contributed by atoms with E-state index in [0.717, 1.165) is 0 Å². The lowest BCUT2D eigenvalue weighted by atomic mass is 10.2. The van der Waals surface area contributed by atoms with Crippen LogP contribution < -0.4 is 10.6 Å². The molecule has 0 saturated heterocycles. The molecule has 0 aliphatic rings. The average molecular weight is 214 g/mol. The molecular weight excluding hydrogens is 199 g/mol. The van der Waals surface area contributed by atoms with Gasteiger partial charge < -0.3 is 20.8 Å². The molecular formula is C10H15FN2O2. The molecule has 0 bridgehead atoms. The third-order valence-electron chi connectivity index (χ3n) is 2.05. The highest BCUT2D eigenvalue weighted by molar-refractivity contribution is 5.54. The van der Waals surface area contributed by atoms with Gasteiger partial charge >= 0.3 is 0 Å². The standard InChI is InChI=1S/C10H15FN2O2/c11-9-7-8(12)1-2-10(9)13(3-5-14)4-6-15/h1-2,7,14-15H,3-6,12H2. The summed E-state index contributed by atoms with van der Waals surface area (Å²) in [6.45, 7) is 0.371. The number of aliphatic hydroxyl groups is 2. The van der Waals surface area contributed by atoms with Gasteiger partial charge in [-0.3, -0.25) is 0 Å². The largest absolute Gasteiger partial charge is 0.399 e. The molecule has 0 amide bonds. The van der Waals surface area contributed by atoms with Crippen molar-refractivity contribution in [1.82, 2.24) is 0 Å². The zero-order chi connectivity index (χ0) is 11.3. The molecule has 0 aromatic heterocycles. The van der Waals surface area contributed by atoms with Crippen molar-refractivity contribution in [2.45, 2.75) is 0 Å². The molecule has 0 aliphatic heterocycles. The Bertz CT molecular complexity index is 314. The summed E-state index contributed by atoms with van der Waals surface area (Å²) in [5.41, 5.74) is 6.11. The van der Waals surface area contributed by atoms with Crippen molar-refractivity contribution in [2.75, 3.05) is 36.9 Å². The molecule has 1 aromatic rings. The Morgan fingerprint density at radius 2 is 1.80 bits per heavy atom. The number of halogens is 1. The van der Waals surface area contributed by atoms with Gasteiger partial charge in [0.05, 0.1) is 18.9 Å². The van der Waals surface area contributed by atoms with E-state index in [9.17, 15) is 4.39 Å². The third kappa shape index (κ3) is 3.07. The number of hydrogen-bond donors (Lipinski definition) is 3. The lowest BCUT2D eigenvalue weighted by molar-refractivity contribution is 0.280. The van der Waals surface area contributed by atoms with Crippen LogP contribution in [0.3, 0.4) is 0 Å². The fourth-order valence-corrected chi connectivity index (χ4v) is 1.37. The van der Waals surface area contributed by atoms with E-state index in [1.165, 1.54) is 12.1 Å². The number of nitrogens with two attached hydrogens (primary N) is 1. The minimum Gasteiger partial charge on any atom is -0.399 e. The predicted molar refractivity (Wildman–Crippen MR) is 57.2 cm³/mol. The van der Waals surface area contributed by atoms with Gasteiger partial charge in [-0.05, 0) is 18.2 Å². The van der Waals surface area contributed by atoms with E-state index >= 15 is 0 Å². The van der Waals surface area contributed by atoms with Crippen molar-refractivity contribution in [3.63, 3.8) is 0 Å². The highest BCUT2D eigenvalue weighted by atomic mass is 19.1. The second-order valence-corrected chi connectivity index (χ2v) is 3.15. The van der Waals surface area contributed by atoms with Crippen LogP contribution in [0.25, 0.3) is 0 Å². The van der Waals surface area contributed by atoms with Crippen LogP contribution in [-0.2, 0) is 0 Å². The Morgan fingerprint density at radius 1 is 1.20 bits per heavy atom. The summed E-state index contributed by atoms with van der Waals surface area (Å²) in [6, 6.07) is 4.34. The van der Waals surface area contributed by atoms with Crippen molar-refractivity contribution in [3.8, 4) is 0 Å². The van der Waals surface area contributed by atoms with Crippen LogP contribution in [0.1, 0.15) is 0 Å². The number of nitrogens with zero attached hydrogens (tertiary/aromatic N) is 1. The molecule has 84 valence electrons. The van der Waals surface area contributed by atoms with Crippen molar-refractivity contribution in [1.29, 1.82) is 0 Å². The zero-order valence-corrected chi connectivity index (χ0v) is 8.36. The van der Waals surface area contributed by atoms with Crippen LogP contribution in [0.15, 0.2) is 18.2 Å². The molecule has 0 fully saturated rings. The molecule has 0 aliphatic carbocycles. The zero-order valence-electron chi connectivity index (χ0n) is 8.36. The summed E-state index contributed by atoms with van der Waals surface area (Å²) >= 11 is 0. The van der Waals surface area contributed by atoms with Gasteiger partial charge in [0, 0.05) is 18.8 Å². The fourth-order valence-electron chi connectivity index (χ4n) is 1.37. The van der Waals surface area contributed by atoms with Crippen LogP contribution in [0, 0.1) is 5.82 Å². The molecule has 0 spiro atoms. The van der Waals surface area contributed by atoms with Crippen molar-refractivity contribution in [3.05, 3.63) is 24.0 Å². The van der Waals surface area contributed by atoms with Gasteiger partial charge in [-0.15, -0.1) is 0 Å². The number of benzene rings is 1. The molecule has 1 aromatic carbocycles. The van der Waals surface area contributed by atoms with Crippen LogP contribution in [0.5, 0.6) is 0 Å². The van der Waals surface area contributed by atoms with Gasteiger partial charge in [-0.2, -0.15) is 0 Å². The normalized spacial score (nSPS) is 10.3. The smallest absolute Gasteiger partial charge is 0.148 e. The van der Waals surface area contributed by atoms with Crippen LogP contribution in [0.4, 0.5) is 15.8 Å². The Morgan fingerprint density at radius 3 is 2.27 bits per heavy atom. The Balaban J connectivity index is 2.89. The van der Waals surface area contributed by atoms with Gasteiger partial charge in [0.1, 0.15) is 5.82 Å². The molecule has 4 nitrogen and oxygen atoms in total. The molecule has 1 rings (SSSR count). The Labute approximate surface area is 87.7 Å². The molecule has 5 heteroatoms. The van der Waals surface area contributed by atoms with E-state index in [-0.39, 0.29) is 26.3 Å². The minimum atomic E-state index is -0.447. The Kier molecular flexibility index (Phi) is 4.33. The van der Waals surface area contributed by atoms with Crippen molar-refractivity contribution in [2.24, 2.45) is 0 Å². The lowest BCUT2D eigenvalue weighted by Crippen LogP contribution is -2.30. The summed E-state index contributed by atoms with van der Waals surface area (Å²) in [6.07, 6.45) is 0.